The first-order valence-corrected chi connectivity index (χ1v) is 11.8. The number of rotatable bonds is 0. The maximum absolute atomic E-state index is 4.64. The minimum absolute atomic E-state index is 0.959. The Labute approximate surface area is 183 Å². The summed E-state index contributed by atoms with van der Waals surface area (Å²) < 4.78 is 7.55. The van der Waals surface area contributed by atoms with Gasteiger partial charge in [-0.15, -0.1) is 22.7 Å². The van der Waals surface area contributed by atoms with Crippen LogP contribution in [-0.2, 0) is 0 Å². The molecule has 0 aliphatic heterocycles. The van der Waals surface area contributed by atoms with Crippen molar-refractivity contribution < 1.29 is 0 Å². The lowest BCUT2D eigenvalue weighted by Crippen LogP contribution is -1.91. The fourth-order valence-electron chi connectivity index (χ4n) is 5.12. The van der Waals surface area contributed by atoms with Crippen LogP contribution in [-0.4, -0.2) is 14.4 Å². The maximum atomic E-state index is 4.64. The summed E-state index contributed by atoms with van der Waals surface area (Å²) in [5.41, 5.74) is 2.15. The Hall–Kier alpha value is -3.54. The van der Waals surface area contributed by atoms with Crippen molar-refractivity contribution in [1.82, 2.24) is 14.4 Å². The van der Waals surface area contributed by atoms with Gasteiger partial charge in [0.1, 0.15) is 5.65 Å². The smallest absolute Gasteiger partial charge is 0.146 e. The van der Waals surface area contributed by atoms with Crippen LogP contribution in [0.3, 0.4) is 0 Å². The van der Waals surface area contributed by atoms with Crippen LogP contribution in [0.2, 0.25) is 0 Å². The lowest BCUT2D eigenvalue weighted by atomic mass is 9.99. The van der Waals surface area contributed by atoms with Crippen molar-refractivity contribution in [3.8, 4) is 0 Å². The zero-order valence-electron chi connectivity index (χ0n) is 16.2. The molecule has 0 spiro atoms. The molecule has 144 valence electrons. The van der Waals surface area contributed by atoms with Gasteiger partial charge in [0.2, 0.25) is 0 Å². The Morgan fingerprint density at radius 1 is 0.613 bits per heavy atom. The van der Waals surface area contributed by atoms with E-state index in [9.17, 15) is 0 Å². The van der Waals surface area contributed by atoms with Crippen LogP contribution in [0.15, 0.2) is 79.4 Å². The number of pyridine rings is 2. The van der Waals surface area contributed by atoms with E-state index in [4.69, 9.17) is 0 Å². The molecule has 0 saturated carbocycles. The molecule has 0 atom stereocenters. The van der Waals surface area contributed by atoms with Crippen LogP contribution in [0.1, 0.15) is 0 Å². The molecular formula is C26H13N3S2. The van der Waals surface area contributed by atoms with Gasteiger partial charge in [0, 0.05) is 75.9 Å². The fourth-order valence-corrected chi connectivity index (χ4v) is 7.35. The molecule has 0 fully saturated rings. The quantitative estimate of drug-likeness (QED) is 0.230. The minimum atomic E-state index is 0.959. The normalized spacial score (nSPS) is 12.5. The standard InChI is InChI=1S/C26H13N3S2/c1-2-4-18-15(3-1)23-19(30-18)7-8-21-25(23)24-20(31-21)6-5-17-22(24)14-9-10-27-13-16(14)26-28-11-12-29(17)26/h1-13H. The SMILES string of the molecule is c1ccc2c(c1)sc1ccc3sc4ccc5c(c6ccncc6c6nccn56)c4c3c12. The maximum Gasteiger partial charge on any atom is 0.146 e. The van der Waals surface area contributed by atoms with Gasteiger partial charge in [-0.25, -0.2) is 4.98 Å². The molecule has 0 amide bonds. The molecule has 0 unspecified atom stereocenters. The first-order chi connectivity index (χ1) is 15.4. The van der Waals surface area contributed by atoms with E-state index in [0.717, 1.165) is 11.0 Å². The topological polar surface area (TPSA) is 30.2 Å². The van der Waals surface area contributed by atoms with Crippen molar-refractivity contribution in [3.05, 3.63) is 79.4 Å². The molecule has 5 aromatic heterocycles. The Kier molecular flexibility index (Phi) is 2.91. The predicted molar refractivity (Wildman–Crippen MR) is 134 cm³/mol. The zero-order chi connectivity index (χ0) is 20.1. The van der Waals surface area contributed by atoms with Crippen molar-refractivity contribution in [3.63, 3.8) is 0 Å². The first kappa shape index (κ1) is 16.2. The van der Waals surface area contributed by atoms with Crippen molar-refractivity contribution in [2.75, 3.05) is 0 Å². The van der Waals surface area contributed by atoms with E-state index in [1.54, 1.807) is 0 Å². The van der Waals surface area contributed by atoms with Gasteiger partial charge >= 0.3 is 0 Å². The molecule has 0 N–H and O–H groups in total. The summed E-state index contributed by atoms with van der Waals surface area (Å²) in [5, 5.41) is 9.04. The van der Waals surface area contributed by atoms with Crippen LogP contribution in [0.25, 0.3) is 67.7 Å². The monoisotopic (exact) mass is 431 g/mol. The third kappa shape index (κ3) is 1.93. The van der Waals surface area contributed by atoms with Gasteiger partial charge in [0.15, 0.2) is 0 Å². The van der Waals surface area contributed by atoms with Gasteiger partial charge in [-0.1, -0.05) is 18.2 Å². The Morgan fingerprint density at radius 3 is 2.32 bits per heavy atom. The number of fused-ring (bicyclic) bond motifs is 14. The van der Waals surface area contributed by atoms with E-state index >= 15 is 0 Å². The number of imidazole rings is 1. The molecule has 0 aliphatic rings. The second kappa shape index (κ2) is 5.58. The molecule has 31 heavy (non-hydrogen) atoms. The molecule has 8 rings (SSSR count). The molecule has 0 radical (unpaired) electrons. The predicted octanol–water partition coefficient (Wildman–Crippen LogP) is 7.77. The van der Waals surface area contributed by atoms with Crippen LogP contribution in [0, 0.1) is 0 Å². The fraction of sp³-hybridized carbons (Fsp3) is 0. The molecule has 0 bridgehead atoms. The molecule has 5 heteroatoms. The lowest BCUT2D eigenvalue weighted by Gasteiger charge is -2.10. The number of aromatic nitrogens is 3. The van der Waals surface area contributed by atoms with E-state index in [2.05, 4.69) is 75.2 Å². The first-order valence-electron chi connectivity index (χ1n) is 10.2. The third-order valence-electron chi connectivity index (χ3n) is 6.35. The summed E-state index contributed by atoms with van der Waals surface area (Å²) in [6, 6.07) is 20.0. The summed E-state index contributed by atoms with van der Waals surface area (Å²) >= 11 is 3.76. The molecule has 3 nitrogen and oxygen atoms in total. The van der Waals surface area contributed by atoms with Crippen molar-refractivity contribution in [2.24, 2.45) is 0 Å². The van der Waals surface area contributed by atoms with Crippen molar-refractivity contribution >= 4 is 90.3 Å². The summed E-state index contributed by atoms with van der Waals surface area (Å²) in [5.74, 6) is 0. The van der Waals surface area contributed by atoms with E-state index in [1.807, 2.05) is 41.3 Å². The molecule has 0 aliphatic carbocycles. The highest BCUT2D eigenvalue weighted by Crippen LogP contribution is 2.47. The molecule has 0 saturated heterocycles. The lowest BCUT2D eigenvalue weighted by molar-refractivity contribution is 1.27. The summed E-state index contributed by atoms with van der Waals surface area (Å²) in [6.45, 7) is 0. The van der Waals surface area contributed by atoms with Gasteiger partial charge in [-0.2, -0.15) is 0 Å². The van der Waals surface area contributed by atoms with Gasteiger partial charge in [0.25, 0.3) is 0 Å². The Morgan fingerprint density at radius 2 is 1.39 bits per heavy atom. The third-order valence-corrected chi connectivity index (χ3v) is 8.61. The highest BCUT2D eigenvalue weighted by atomic mass is 32.1. The highest BCUT2D eigenvalue weighted by molar-refractivity contribution is 7.28. The van der Waals surface area contributed by atoms with Gasteiger partial charge in [0.05, 0.1) is 5.52 Å². The summed E-state index contributed by atoms with van der Waals surface area (Å²) in [7, 11) is 0. The van der Waals surface area contributed by atoms with E-state index in [1.165, 1.54) is 56.6 Å². The summed E-state index contributed by atoms with van der Waals surface area (Å²) in [6.07, 6.45) is 7.77. The molecule has 3 aromatic carbocycles. The average Bonchev–Trinajstić information content (AvgIpc) is 3.53. The molecule has 5 heterocycles. The second-order valence-electron chi connectivity index (χ2n) is 7.89. The van der Waals surface area contributed by atoms with Crippen molar-refractivity contribution in [2.45, 2.75) is 0 Å². The second-order valence-corrected chi connectivity index (χ2v) is 10.1. The number of hydrogen-bond acceptors (Lipinski definition) is 4. The minimum Gasteiger partial charge on any atom is -0.299 e. The number of hydrogen-bond donors (Lipinski definition) is 0. The van der Waals surface area contributed by atoms with E-state index in [-0.39, 0.29) is 0 Å². The molecule has 8 aromatic rings. The summed E-state index contributed by atoms with van der Waals surface area (Å²) in [4.78, 5) is 9.05. The number of thiophene rings is 2. The number of benzene rings is 3. The number of nitrogens with zero attached hydrogens (tertiary/aromatic N) is 3. The van der Waals surface area contributed by atoms with Gasteiger partial charge < -0.3 is 0 Å². The van der Waals surface area contributed by atoms with Gasteiger partial charge in [-0.3, -0.25) is 9.38 Å². The highest BCUT2D eigenvalue weighted by Gasteiger charge is 2.18. The van der Waals surface area contributed by atoms with Crippen LogP contribution >= 0.6 is 22.7 Å². The Bertz CT molecular complexity index is 2010. The largest absolute Gasteiger partial charge is 0.299 e. The van der Waals surface area contributed by atoms with Crippen LogP contribution < -0.4 is 0 Å². The van der Waals surface area contributed by atoms with E-state index in [0.29, 0.717) is 0 Å². The van der Waals surface area contributed by atoms with Crippen LogP contribution in [0.5, 0.6) is 0 Å². The van der Waals surface area contributed by atoms with E-state index < -0.39 is 0 Å². The average molecular weight is 432 g/mol. The van der Waals surface area contributed by atoms with Crippen LogP contribution in [0.4, 0.5) is 0 Å². The Balaban J connectivity index is 1.78. The molecular weight excluding hydrogens is 418 g/mol. The van der Waals surface area contributed by atoms with Crippen molar-refractivity contribution in [1.29, 1.82) is 0 Å². The van der Waals surface area contributed by atoms with Gasteiger partial charge in [-0.05, 0) is 41.8 Å². The zero-order valence-corrected chi connectivity index (χ0v) is 17.8.